The normalized spacial score (nSPS) is 16.5. The number of nitrogens with two attached hydrogens (primary N) is 1. The number of rotatable bonds is 1. The third-order valence-electron chi connectivity index (χ3n) is 1.65. The van der Waals surface area contributed by atoms with Gasteiger partial charge in [0.25, 0.3) is 0 Å². The number of nitrogens with zero attached hydrogens (tertiary/aromatic N) is 3. The van der Waals surface area contributed by atoms with Gasteiger partial charge in [-0.2, -0.15) is 5.10 Å². The Morgan fingerprint density at radius 3 is 3.27 bits per heavy atom. The van der Waals surface area contributed by atoms with Crippen LogP contribution in [0.1, 0.15) is 11.6 Å². The second kappa shape index (κ2) is 2.60. The molecule has 0 unspecified atom stereocenters. The smallest absolute Gasteiger partial charge is 0.164 e. The van der Waals surface area contributed by atoms with Gasteiger partial charge in [0.1, 0.15) is 6.61 Å². The molecule has 11 heavy (non-hydrogen) atoms. The standard InChI is InChI=1S/C6H10N4O/c7-3-5-8-6-4-11-2-1-10(6)9-5/h1-4,7H2. The summed E-state index contributed by atoms with van der Waals surface area (Å²) in [4.78, 5) is 4.17. The Balaban J connectivity index is 2.32. The van der Waals surface area contributed by atoms with Crippen LogP contribution in [0.3, 0.4) is 0 Å². The predicted molar refractivity (Wildman–Crippen MR) is 37.6 cm³/mol. The molecule has 2 heterocycles. The Bertz CT molecular complexity index is 234. The highest BCUT2D eigenvalue weighted by Crippen LogP contribution is 2.05. The quantitative estimate of drug-likeness (QED) is 0.579. The van der Waals surface area contributed by atoms with Crippen LogP contribution in [0.2, 0.25) is 0 Å². The molecule has 0 fully saturated rings. The SMILES string of the molecule is NCc1nc2n(n1)CCOC2. The summed E-state index contributed by atoms with van der Waals surface area (Å²) in [7, 11) is 0. The van der Waals surface area contributed by atoms with Crippen molar-refractivity contribution in [1.82, 2.24) is 14.8 Å². The van der Waals surface area contributed by atoms with Crippen molar-refractivity contribution in [3.63, 3.8) is 0 Å². The van der Waals surface area contributed by atoms with Crippen molar-refractivity contribution in [3.05, 3.63) is 11.6 Å². The summed E-state index contributed by atoms with van der Waals surface area (Å²) in [6.07, 6.45) is 0. The molecule has 1 aromatic heterocycles. The summed E-state index contributed by atoms with van der Waals surface area (Å²) in [6.45, 7) is 2.48. The van der Waals surface area contributed by atoms with E-state index in [-0.39, 0.29) is 0 Å². The van der Waals surface area contributed by atoms with Crippen LogP contribution in [0, 0.1) is 0 Å². The molecule has 0 radical (unpaired) electrons. The first kappa shape index (κ1) is 6.75. The van der Waals surface area contributed by atoms with Crippen molar-refractivity contribution in [2.24, 2.45) is 5.73 Å². The molecule has 0 spiro atoms. The third-order valence-corrected chi connectivity index (χ3v) is 1.65. The van der Waals surface area contributed by atoms with Crippen LogP contribution >= 0.6 is 0 Å². The second-order valence-corrected chi connectivity index (χ2v) is 2.42. The van der Waals surface area contributed by atoms with Crippen LogP contribution in [0.4, 0.5) is 0 Å². The minimum Gasteiger partial charge on any atom is -0.372 e. The van der Waals surface area contributed by atoms with E-state index in [0.29, 0.717) is 19.0 Å². The zero-order valence-corrected chi connectivity index (χ0v) is 6.16. The molecule has 0 atom stereocenters. The molecule has 1 aromatic rings. The highest BCUT2D eigenvalue weighted by molar-refractivity contribution is 4.92. The predicted octanol–water partition coefficient (Wildman–Crippen LogP) is -0.733. The maximum atomic E-state index is 5.38. The summed E-state index contributed by atoms with van der Waals surface area (Å²) < 4.78 is 7.04. The zero-order valence-electron chi connectivity index (χ0n) is 6.16. The average Bonchev–Trinajstić information content (AvgIpc) is 2.46. The van der Waals surface area contributed by atoms with Crippen molar-refractivity contribution >= 4 is 0 Å². The van der Waals surface area contributed by atoms with E-state index in [9.17, 15) is 0 Å². The largest absolute Gasteiger partial charge is 0.372 e. The van der Waals surface area contributed by atoms with Gasteiger partial charge in [-0.25, -0.2) is 9.67 Å². The Labute approximate surface area is 64.2 Å². The minimum absolute atomic E-state index is 0.403. The zero-order chi connectivity index (χ0) is 7.68. The van der Waals surface area contributed by atoms with Gasteiger partial charge in [0.2, 0.25) is 0 Å². The lowest BCUT2D eigenvalue weighted by atomic mass is 10.5. The molecule has 0 aliphatic carbocycles. The van der Waals surface area contributed by atoms with E-state index in [1.165, 1.54) is 0 Å². The van der Waals surface area contributed by atoms with Crippen molar-refractivity contribution in [3.8, 4) is 0 Å². The van der Waals surface area contributed by atoms with Crippen molar-refractivity contribution in [2.45, 2.75) is 19.7 Å². The van der Waals surface area contributed by atoms with E-state index in [1.807, 2.05) is 4.68 Å². The Morgan fingerprint density at radius 2 is 2.55 bits per heavy atom. The van der Waals surface area contributed by atoms with Crippen molar-refractivity contribution < 1.29 is 4.74 Å². The molecule has 1 aliphatic heterocycles. The summed E-state index contributed by atoms with van der Waals surface area (Å²) in [6, 6.07) is 0. The molecule has 0 saturated carbocycles. The highest BCUT2D eigenvalue weighted by atomic mass is 16.5. The van der Waals surface area contributed by atoms with E-state index in [0.717, 1.165) is 19.0 Å². The van der Waals surface area contributed by atoms with E-state index in [2.05, 4.69) is 10.1 Å². The molecule has 2 rings (SSSR count). The molecule has 0 amide bonds. The van der Waals surface area contributed by atoms with Gasteiger partial charge in [-0.05, 0) is 0 Å². The number of aromatic nitrogens is 3. The average molecular weight is 154 g/mol. The van der Waals surface area contributed by atoms with Crippen LogP contribution in [0.5, 0.6) is 0 Å². The molecular formula is C6H10N4O. The topological polar surface area (TPSA) is 66.0 Å². The summed E-state index contributed by atoms with van der Waals surface area (Å²) >= 11 is 0. The monoisotopic (exact) mass is 154 g/mol. The molecule has 0 saturated heterocycles. The fraction of sp³-hybridized carbons (Fsp3) is 0.667. The van der Waals surface area contributed by atoms with Crippen LogP contribution in [0.25, 0.3) is 0 Å². The number of hydrogen-bond donors (Lipinski definition) is 1. The fourth-order valence-corrected chi connectivity index (χ4v) is 1.11. The van der Waals surface area contributed by atoms with E-state index < -0.39 is 0 Å². The van der Waals surface area contributed by atoms with Gasteiger partial charge in [-0.3, -0.25) is 0 Å². The molecule has 5 nitrogen and oxygen atoms in total. The van der Waals surface area contributed by atoms with Gasteiger partial charge in [0.15, 0.2) is 11.6 Å². The molecule has 60 valence electrons. The van der Waals surface area contributed by atoms with E-state index >= 15 is 0 Å². The van der Waals surface area contributed by atoms with Gasteiger partial charge in [-0.1, -0.05) is 0 Å². The fourth-order valence-electron chi connectivity index (χ4n) is 1.11. The molecular weight excluding hydrogens is 144 g/mol. The van der Waals surface area contributed by atoms with Gasteiger partial charge >= 0.3 is 0 Å². The molecule has 2 N–H and O–H groups in total. The van der Waals surface area contributed by atoms with Crippen LogP contribution in [0.15, 0.2) is 0 Å². The molecule has 5 heteroatoms. The first-order valence-electron chi connectivity index (χ1n) is 3.60. The van der Waals surface area contributed by atoms with Crippen molar-refractivity contribution in [2.75, 3.05) is 6.61 Å². The van der Waals surface area contributed by atoms with Crippen molar-refractivity contribution in [1.29, 1.82) is 0 Å². The summed E-state index contributed by atoms with van der Waals surface area (Å²) in [5.74, 6) is 1.59. The molecule has 0 aromatic carbocycles. The lowest BCUT2D eigenvalue weighted by Crippen LogP contribution is -2.17. The van der Waals surface area contributed by atoms with Gasteiger partial charge < -0.3 is 10.5 Å². The van der Waals surface area contributed by atoms with E-state index in [1.54, 1.807) is 0 Å². The van der Waals surface area contributed by atoms with Gasteiger partial charge in [0.05, 0.1) is 19.7 Å². The van der Waals surface area contributed by atoms with Gasteiger partial charge in [-0.15, -0.1) is 0 Å². The number of ether oxygens (including phenoxy) is 1. The first-order chi connectivity index (χ1) is 5.40. The molecule has 0 bridgehead atoms. The number of fused-ring (bicyclic) bond motifs is 1. The third kappa shape index (κ3) is 1.12. The van der Waals surface area contributed by atoms with Crippen LogP contribution < -0.4 is 5.73 Å². The lowest BCUT2D eigenvalue weighted by molar-refractivity contribution is 0.0769. The maximum Gasteiger partial charge on any atom is 0.164 e. The second-order valence-electron chi connectivity index (χ2n) is 2.42. The summed E-state index contributed by atoms with van der Waals surface area (Å²) in [5, 5.41) is 4.17. The Morgan fingerprint density at radius 1 is 1.64 bits per heavy atom. The summed E-state index contributed by atoms with van der Waals surface area (Å²) in [5.41, 5.74) is 5.38. The highest BCUT2D eigenvalue weighted by Gasteiger charge is 2.12. The van der Waals surface area contributed by atoms with E-state index in [4.69, 9.17) is 10.5 Å². The van der Waals surface area contributed by atoms with Crippen LogP contribution in [-0.4, -0.2) is 21.4 Å². The number of hydrogen-bond acceptors (Lipinski definition) is 4. The van der Waals surface area contributed by atoms with Crippen LogP contribution in [-0.2, 0) is 24.4 Å². The Kier molecular flexibility index (Phi) is 1.59. The minimum atomic E-state index is 0.403. The van der Waals surface area contributed by atoms with Gasteiger partial charge in [0, 0.05) is 0 Å². The lowest BCUT2D eigenvalue weighted by Gasteiger charge is -2.11. The Hall–Kier alpha value is -0.940. The molecule has 1 aliphatic rings. The maximum absolute atomic E-state index is 5.38. The first-order valence-corrected chi connectivity index (χ1v) is 3.60.